The number of carboxylic acid groups (broad SMARTS) is 1. The average molecular weight is 504 g/mol. The molecule has 2 heterocycles. The predicted molar refractivity (Wildman–Crippen MR) is 121 cm³/mol. The second kappa shape index (κ2) is 8.46. The number of benzene rings is 1. The summed E-state index contributed by atoms with van der Waals surface area (Å²) in [4.78, 5) is 37.7. The van der Waals surface area contributed by atoms with Crippen molar-refractivity contribution in [2.45, 2.75) is 68.0 Å². The topological polar surface area (TPSA) is 152 Å². The molecule has 1 saturated heterocycles. The lowest BCUT2D eigenvalue weighted by Gasteiger charge is -2.61. The van der Waals surface area contributed by atoms with Crippen LogP contribution in [-0.4, -0.2) is 88.8 Å². The Hall–Kier alpha value is -3.15. The van der Waals surface area contributed by atoms with Crippen LogP contribution in [0.2, 0.25) is 0 Å². The number of rotatable bonds is 7. The standard InChI is InChI=1S/C25H29NO10/c1-12(22(29)30)34-23(31)14(27)11-18(28)35-16-6-7-25(32)17-10-13-4-5-15(33-3)20-19(13)24(25,21(16)36-20)8-9-26(17)2/h4-6,12,14,17,21,27,32H,7-11H2,1-3H3,(H,29,30)/t12-,14-,17-,21-,24-,25+/m0/s1. The van der Waals surface area contributed by atoms with Crippen molar-refractivity contribution in [1.29, 1.82) is 0 Å². The molecule has 2 aliphatic heterocycles. The number of aliphatic hydroxyl groups is 2. The van der Waals surface area contributed by atoms with Crippen LogP contribution < -0.4 is 9.47 Å². The van der Waals surface area contributed by atoms with Crippen molar-refractivity contribution in [2.75, 3.05) is 20.7 Å². The summed E-state index contributed by atoms with van der Waals surface area (Å²) in [6.45, 7) is 1.84. The second-order valence-corrected chi connectivity index (χ2v) is 9.90. The summed E-state index contributed by atoms with van der Waals surface area (Å²) < 4.78 is 22.1. The molecule has 0 amide bonds. The lowest BCUT2D eigenvalue weighted by atomic mass is 9.50. The zero-order valence-electron chi connectivity index (χ0n) is 20.2. The molecule has 0 unspecified atom stereocenters. The molecule has 0 saturated carbocycles. The largest absolute Gasteiger partial charge is 0.493 e. The Labute approximate surface area is 207 Å². The van der Waals surface area contributed by atoms with Crippen molar-refractivity contribution in [2.24, 2.45) is 0 Å². The van der Waals surface area contributed by atoms with Crippen LogP contribution in [0.15, 0.2) is 24.0 Å². The summed E-state index contributed by atoms with van der Waals surface area (Å²) in [5.74, 6) is -2.29. The Morgan fingerprint density at radius 3 is 2.75 bits per heavy atom. The van der Waals surface area contributed by atoms with Crippen molar-refractivity contribution >= 4 is 17.9 Å². The minimum atomic E-state index is -1.89. The van der Waals surface area contributed by atoms with Gasteiger partial charge in [0.1, 0.15) is 5.76 Å². The summed E-state index contributed by atoms with van der Waals surface area (Å²) >= 11 is 0. The number of likely N-dealkylation sites (tertiary alicyclic amines) is 1. The first-order chi connectivity index (χ1) is 17.0. The van der Waals surface area contributed by atoms with Gasteiger partial charge in [0.2, 0.25) is 0 Å². The number of methoxy groups -OCH3 is 1. The molecule has 0 aromatic heterocycles. The Balaban J connectivity index is 1.43. The number of carbonyl (C=O) groups excluding carboxylic acids is 2. The van der Waals surface area contributed by atoms with Gasteiger partial charge in [-0.25, -0.2) is 9.59 Å². The number of nitrogens with zero attached hydrogens (tertiary/aromatic N) is 1. The number of hydrogen-bond donors (Lipinski definition) is 3. The normalized spacial score (nSPS) is 31.3. The van der Waals surface area contributed by atoms with Crippen molar-refractivity contribution in [3.63, 3.8) is 0 Å². The molecule has 1 fully saturated rings. The van der Waals surface area contributed by atoms with E-state index in [-0.39, 0.29) is 18.2 Å². The molecule has 11 nitrogen and oxygen atoms in total. The van der Waals surface area contributed by atoms with E-state index in [9.17, 15) is 24.6 Å². The molecule has 36 heavy (non-hydrogen) atoms. The van der Waals surface area contributed by atoms with E-state index in [2.05, 4.69) is 9.64 Å². The van der Waals surface area contributed by atoms with E-state index >= 15 is 0 Å². The molecule has 3 N–H and O–H groups in total. The van der Waals surface area contributed by atoms with Gasteiger partial charge in [-0.2, -0.15) is 0 Å². The van der Waals surface area contributed by atoms with Crippen molar-refractivity contribution in [3.8, 4) is 11.5 Å². The van der Waals surface area contributed by atoms with E-state index in [0.29, 0.717) is 30.9 Å². The van der Waals surface area contributed by atoms with Crippen molar-refractivity contribution < 1.29 is 48.7 Å². The Kier molecular flexibility index (Phi) is 5.77. The predicted octanol–water partition coefficient (Wildman–Crippen LogP) is 0.283. The number of aliphatic hydroxyl groups excluding tert-OH is 1. The van der Waals surface area contributed by atoms with Gasteiger partial charge in [0.25, 0.3) is 0 Å². The number of hydrogen-bond acceptors (Lipinski definition) is 10. The monoisotopic (exact) mass is 503 g/mol. The first-order valence-electron chi connectivity index (χ1n) is 11.8. The van der Waals surface area contributed by atoms with Crippen LogP contribution >= 0.6 is 0 Å². The van der Waals surface area contributed by atoms with Gasteiger partial charge in [0.15, 0.2) is 29.8 Å². The van der Waals surface area contributed by atoms with Crippen LogP contribution in [0.4, 0.5) is 0 Å². The van der Waals surface area contributed by atoms with Crippen molar-refractivity contribution in [1.82, 2.24) is 4.90 Å². The van der Waals surface area contributed by atoms with Gasteiger partial charge < -0.3 is 39.2 Å². The smallest absolute Gasteiger partial charge is 0.344 e. The molecule has 0 radical (unpaired) electrons. The number of piperidine rings is 1. The van der Waals surface area contributed by atoms with Crippen LogP contribution in [0, 0.1) is 0 Å². The summed E-state index contributed by atoms with van der Waals surface area (Å²) in [6.07, 6.45) is -1.85. The van der Waals surface area contributed by atoms with Crippen LogP contribution in [0.5, 0.6) is 11.5 Å². The summed E-state index contributed by atoms with van der Waals surface area (Å²) in [6, 6.07) is 3.66. The van der Waals surface area contributed by atoms with Gasteiger partial charge >= 0.3 is 17.9 Å². The van der Waals surface area contributed by atoms with Gasteiger partial charge in [-0.15, -0.1) is 0 Å². The number of ether oxygens (including phenoxy) is 4. The summed E-state index contributed by atoms with van der Waals surface area (Å²) in [5, 5.41) is 31.1. The molecule has 2 aliphatic carbocycles. The van der Waals surface area contributed by atoms with Crippen molar-refractivity contribution in [3.05, 3.63) is 35.1 Å². The number of likely N-dealkylation sites (N-methyl/N-ethyl adjacent to an activating group) is 1. The zero-order chi connectivity index (χ0) is 26.0. The van der Waals surface area contributed by atoms with Crippen LogP contribution in [0.3, 0.4) is 0 Å². The molecular weight excluding hydrogens is 474 g/mol. The van der Waals surface area contributed by atoms with E-state index < -0.39 is 53.7 Å². The Morgan fingerprint density at radius 1 is 1.31 bits per heavy atom. The zero-order valence-corrected chi connectivity index (χ0v) is 20.2. The first-order valence-corrected chi connectivity index (χ1v) is 11.8. The summed E-state index contributed by atoms with van der Waals surface area (Å²) in [5.41, 5.74) is -0.0958. The highest BCUT2D eigenvalue weighted by atomic mass is 16.6. The average Bonchev–Trinajstić information content (AvgIpc) is 3.18. The highest BCUT2D eigenvalue weighted by Gasteiger charge is 2.72. The second-order valence-electron chi connectivity index (χ2n) is 9.90. The molecule has 1 aromatic rings. The van der Waals surface area contributed by atoms with E-state index in [4.69, 9.17) is 19.3 Å². The SMILES string of the molecule is COc1ccc2c3c1O[C@H]1C(OC(=O)C[C@H](O)C(=O)O[C@@H](C)C(=O)O)=CC[C@@]4(O)[C@H](C2)N(C)CC[C@]314. The third-order valence-electron chi connectivity index (χ3n) is 8.06. The maximum atomic E-state index is 12.7. The molecular formula is C25H29NO10. The fraction of sp³-hybridized carbons (Fsp3) is 0.560. The number of aliphatic carboxylic acids is 1. The highest BCUT2D eigenvalue weighted by molar-refractivity contribution is 5.84. The van der Waals surface area contributed by atoms with Gasteiger partial charge in [-0.1, -0.05) is 6.07 Å². The minimum Gasteiger partial charge on any atom is -0.493 e. The van der Waals surface area contributed by atoms with Gasteiger partial charge in [0, 0.05) is 18.0 Å². The highest BCUT2D eigenvalue weighted by Crippen LogP contribution is 2.65. The van der Waals surface area contributed by atoms with Gasteiger partial charge in [-0.05, 0) is 51.1 Å². The summed E-state index contributed by atoms with van der Waals surface area (Å²) in [7, 11) is 3.52. The van der Waals surface area contributed by atoms with Crippen LogP contribution in [0.1, 0.15) is 37.3 Å². The Bertz CT molecular complexity index is 1160. The molecule has 11 heteroatoms. The van der Waals surface area contributed by atoms with E-state index in [1.54, 1.807) is 6.08 Å². The van der Waals surface area contributed by atoms with E-state index in [1.807, 2.05) is 19.2 Å². The molecule has 1 aromatic carbocycles. The maximum absolute atomic E-state index is 12.7. The molecule has 4 aliphatic rings. The lowest BCUT2D eigenvalue weighted by Crippen LogP contribution is -2.74. The quantitative estimate of drug-likeness (QED) is 0.440. The Morgan fingerprint density at radius 2 is 2.06 bits per heavy atom. The number of carboxylic acids is 1. The van der Waals surface area contributed by atoms with Crippen LogP contribution in [-0.2, 0) is 35.7 Å². The fourth-order valence-electron chi connectivity index (χ4n) is 6.31. The minimum absolute atomic E-state index is 0.162. The van der Waals surface area contributed by atoms with Gasteiger partial charge in [0.05, 0.1) is 24.5 Å². The molecule has 6 atom stereocenters. The molecule has 194 valence electrons. The number of esters is 2. The molecule has 5 rings (SSSR count). The third-order valence-corrected chi connectivity index (χ3v) is 8.06. The van der Waals surface area contributed by atoms with E-state index in [0.717, 1.165) is 18.1 Å². The third kappa shape index (κ3) is 3.33. The van der Waals surface area contributed by atoms with Gasteiger partial charge in [-0.3, -0.25) is 4.79 Å². The lowest BCUT2D eigenvalue weighted by molar-refractivity contribution is -0.173. The van der Waals surface area contributed by atoms with Crippen LogP contribution in [0.25, 0.3) is 0 Å². The van der Waals surface area contributed by atoms with E-state index in [1.165, 1.54) is 7.11 Å². The number of carbonyl (C=O) groups is 3. The molecule has 2 bridgehead atoms. The molecule has 1 spiro atoms. The first kappa shape index (κ1) is 24.5. The fourth-order valence-corrected chi connectivity index (χ4v) is 6.31. The maximum Gasteiger partial charge on any atom is 0.344 e.